The molecule has 4 heterocycles. The summed E-state index contributed by atoms with van der Waals surface area (Å²) < 4.78 is 5.24. The van der Waals surface area contributed by atoms with Gasteiger partial charge in [-0.25, -0.2) is 4.90 Å². The highest BCUT2D eigenvalue weighted by Crippen LogP contribution is 2.63. The molecule has 4 aliphatic rings. The van der Waals surface area contributed by atoms with Gasteiger partial charge in [-0.15, -0.1) is 9.15 Å². The highest BCUT2D eigenvalue weighted by molar-refractivity contribution is 6.01. The summed E-state index contributed by atoms with van der Waals surface area (Å²) in [6.07, 6.45) is 0. The van der Waals surface area contributed by atoms with Gasteiger partial charge in [-0.2, -0.15) is 0 Å². The van der Waals surface area contributed by atoms with Crippen molar-refractivity contribution in [1.29, 1.82) is 0 Å². The number of rotatable bonds is 0. The molecule has 2 atom stereocenters. The second kappa shape index (κ2) is 5.15. The molecule has 0 aromatic heterocycles. The zero-order valence-corrected chi connectivity index (χ0v) is 18.0. The summed E-state index contributed by atoms with van der Waals surface area (Å²) in [6, 6.07) is 17.9. The number of hydrogen-bond acceptors (Lipinski definition) is 1. The van der Waals surface area contributed by atoms with Gasteiger partial charge >= 0.3 is 5.79 Å². The van der Waals surface area contributed by atoms with E-state index in [1.165, 1.54) is 56.5 Å². The Balaban J connectivity index is 1.88. The van der Waals surface area contributed by atoms with Crippen molar-refractivity contribution in [3.63, 3.8) is 0 Å². The number of para-hydroxylation sites is 3. The van der Waals surface area contributed by atoms with E-state index in [9.17, 15) is 0 Å². The monoisotopic (exact) mass is 381 g/mol. The third-order valence-electron chi connectivity index (χ3n) is 7.89. The van der Waals surface area contributed by atoms with Gasteiger partial charge in [0.1, 0.15) is 5.69 Å². The van der Waals surface area contributed by atoms with Gasteiger partial charge in [0.25, 0.3) is 0 Å². The molecule has 0 N–H and O–H groups in total. The molecule has 0 fully saturated rings. The van der Waals surface area contributed by atoms with Crippen LogP contribution in [0.25, 0.3) is 0 Å². The first-order valence-electron chi connectivity index (χ1n) is 10.5. The minimum absolute atomic E-state index is 0.285. The lowest BCUT2D eigenvalue weighted by Gasteiger charge is -2.38. The van der Waals surface area contributed by atoms with Gasteiger partial charge < -0.3 is 0 Å². The van der Waals surface area contributed by atoms with E-state index < -0.39 is 0 Å². The third-order valence-corrected chi connectivity index (χ3v) is 7.89. The van der Waals surface area contributed by atoms with Crippen LogP contribution in [-0.4, -0.2) is 26.4 Å². The van der Waals surface area contributed by atoms with Gasteiger partial charge in [0.2, 0.25) is 11.4 Å². The molecule has 0 aliphatic carbocycles. The lowest BCUT2D eigenvalue weighted by molar-refractivity contribution is -0.753. The van der Waals surface area contributed by atoms with Crippen LogP contribution < -0.4 is 4.90 Å². The lowest BCUT2D eigenvalue weighted by Crippen LogP contribution is -2.64. The predicted molar refractivity (Wildman–Crippen MR) is 119 cm³/mol. The lowest BCUT2D eigenvalue weighted by atomic mass is 9.80. The molecule has 144 valence electrons. The summed E-state index contributed by atoms with van der Waals surface area (Å²) in [6.45, 7) is 13.8. The fourth-order valence-corrected chi connectivity index (χ4v) is 6.28. The Hall–Kier alpha value is -2.94. The van der Waals surface area contributed by atoms with Crippen molar-refractivity contribution in [2.75, 3.05) is 4.90 Å². The Kier molecular flexibility index (Phi) is 3.01. The summed E-state index contributed by atoms with van der Waals surface area (Å²) in [5, 5.41) is 0. The van der Waals surface area contributed by atoms with E-state index in [1.807, 2.05) is 0 Å². The molecule has 3 heteroatoms. The van der Waals surface area contributed by atoms with Crippen molar-refractivity contribution in [2.45, 2.75) is 53.2 Å². The Morgan fingerprint density at radius 1 is 0.724 bits per heavy atom. The number of hydrogen-bond donors (Lipinski definition) is 0. The molecule has 0 bridgehead atoms. The Labute approximate surface area is 172 Å². The molecule has 29 heavy (non-hydrogen) atoms. The number of allylic oxidation sites excluding steroid dienone is 3. The van der Waals surface area contributed by atoms with Gasteiger partial charge in [-0.1, -0.05) is 30.3 Å². The molecule has 0 saturated carbocycles. The number of fused-ring (bicyclic) bond motifs is 6. The predicted octanol–water partition coefficient (Wildman–Crippen LogP) is 5.83. The van der Waals surface area contributed by atoms with Gasteiger partial charge in [0.05, 0.1) is 0 Å². The molecular weight excluding hydrogens is 354 g/mol. The van der Waals surface area contributed by atoms with Gasteiger partial charge in [-0.05, 0) is 39.3 Å². The fourth-order valence-electron chi connectivity index (χ4n) is 6.28. The minimum atomic E-state index is -0.311. The van der Waals surface area contributed by atoms with E-state index in [2.05, 4.69) is 104 Å². The summed E-state index contributed by atoms with van der Waals surface area (Å²) in [7, 11) is 0. The average Bonchev–Trinajstić information content (AvgIpc) is 3.19. The Morgan fingerprint density at radius 2 is 1.31 bits per heavy atom. The van der Waals surface area contributed by atoms with Crippen LogP contribution in [0.1, 0.15) is 53.0 Å². The number of anilines is 1. The normalized spacial score (nSPS) is 26.8. The molecule has 2 aromatic rings. The van der Waals surface area contributed by atoms with E-state index in [4.69, 9.17) is 0 Å². The van der Waals surface area contributed by atoms with E-state index in [0.29, 0.717) is 0 Å². The van der Waals surface area contributed by atoms with Gasteiger partial charge in [0, 0.05) is 48.4 Å². The van der Waals surface area contributed by atoms with Crippen molar-refractivity contribution in [1.82, 2.24) is 0 Å². The van der Waals surface area contributed by atoms with Crippen LogP contribution in [0.15, 0.2) is 70.9 Å². The maximum Gasteiger partial charge on any atom is 0.464 e. The zero-order chi connectivity index (χ0) is 20.2. The zero-order valence-electron chi connectivity index (χ0n) is 18.0. The maximum absolute atomic E-state index is 2.62. The van der Waals surface area contributed by atoms with E-state index >= 15 is 0 Å². The maximum atomic E-state index is 2.62. The van der Waals surface area contributed by atoms with Crippen LogP contribution >= 0.6 is 0 Å². The van der Waals surface area contributed by atoms with Gasteiger partial charge in [0.15, 0.2) is 17.3 Å². The largest absolute Gasteiger partial charge is 0.464 e. The van der Waals surface area contributed by atoms with Crippen LogP contribution in [0.5, 0.6) is 0 Å². The fraction of sp³-hybridized carbons (Fsp3) is 0.308. The molecule has 6 rings (SSSR count). The van der Waals surface area contributed by atoms with Gasteiger partial charge in [-0.3, -0.25) is 0 Å². The molecule has 4 aliphatic heterocycles. The number of benzene rings is 2. The molecular formula is C26H27N3+2. The molecule has 0 saturated heterocycles. The van der Waals surface area contributed by atoms with Crippen molar-refractivity contribution in [3.8, 4) is 0 Å². The van der Waals surface area contributed by atoms with Crippen LogP contribution in [-0.2, 0) is 0 Å². The average molecular weight is 382 g/mol. The minimum Gasteiger partial charge on any atom is -0.218 e. The van der Waals surface area contributed by atoms with Crippen molar-refractivity contribution < 1.29 is 9.15 Å². The first-order chi connectivity index (χ1) is 13.9. The smallest absolute Gasteiger partial charge is 0.218 e. The van der Waals surface area contributed by atoms with E-state index in [1.54, 1.807) is 0 Å². The Bertz CT molecular complexity index is 1170. The summed E-state index contributed by atoms with van der Waals surface area (Å²) >= 11 is 0. The molecule has 2 aromatic carbocycles. The quantitative estimate of drug-likeness (QED) is 0.522. The first kappa shape index (κ1) is 17.0. The van der Waals surface area contributed by atoms with Crippen LogP contribution in [0, 0.1) is 0 Å². The molecule has 1 spiro atoms. The topological polar surface area (TPSA) is 9.26 Å². The number of nitrogens with zero attached hydrogens (tertiary/aromatic N) is 3. The van der Waals surface area contributed by atoms with Crippen molar-refractivity contribution in [2.24, 2.45) is 0 Å². The summed E-state index contributed by atoms with van der Waals surface area (Å²) in [5.74, 6) is -0.0258. The van der Waals surface area contributed by atoms with Crippen LogP contribution in [0.3, 0.4) is 0 Å². The van der Waals surface area contributed by atoms with E-state index in [0.717, 1.165) is 0 Å². The molecule has 3 nitrogen and oxygen atoms in total. The van der Waals surface area contributed by atoms with E-state index in [-0.39, 0.29) is 11.7 Å². The Morgan fingerprint density at radius 3 is 2.07 bits per heavy atom. The highest BCUT2D eigenvalue weighted by Gasteiger charge is 2.78. The van der Waals surface area contributed by atoms with Crippen LogP contribution in [0.4, 0.5) is 17.1 Å². The SMILES string of the molecule is CC1=C(C)C2c3ccccc3[N+]3=C(C)C(C)=C(C)N4c5ccccc5[N+](=C1C)C243. The second-order valence-corrected chi connectivity index (χ2v) is 8.86. The highest BCUT2D eigenvalue weighted by atomic mass is 15.6. The van der Waals surface area contributed by atoms with Crippen molar-refractivity contribution >= 4 is 28.5 Å². The molecule has 2 unspecified atom stereocenters. The standard InChI is InChI=1S/C26H27N3/c1-15-16(2)25-21-11-7-8-12-22(21)27-19(5)17(3)20(6)29-24-14-10-9-13-23(24)28(18(15)4)26(25,27)29/h7-14,25H,1-6H3/q+2. The second-order valence-electron chi connectivity index (χ2n) is 8.86. The first-order valence-corrected chi connectivity index (χ1v) is 10.5. The third kappa shape index (κ3) is 1.61. The summed E-state index contributed by atoms with van der Waals surface area (Å²) in [4.78, 5) is 2.62. The molecule has 0 amide bonds. The molecule has 0 radical (unpaired) electrons. The van der Waals surface area contributed by atoms with Crippen LogP contribution in [0.2, 0.25) is 0 Å². The van der Waals surface area contributed by atoms with Crippen molar-refractivity contribution in [3.05, 3.63) is 76.5 Å². The summed E-state index contributed by atoms with van der Waals surface area (Å²) in [5.41, 5.74) is 13.7.